The summed E-state index contributed by atoms with van der Waals surface area (Å²) in [6, 6.07) is 3.58. The van der Waals surface area contributed by atoms with Crippen LogP contribution in [0.2, 0.25) is 0 Å². The van der Waals surface area contributed by atoms with Crippen LogP contribution in [0.1, 0.15) is 18.5 Å². The average molecular weight is 191 g/mol. The highest BCUT2D eigenvalue weighted by Gasteiger charge is 2.22. The number of nitrogens with one attached hydrogen (secondary N) is 1. The molecule has 1 saturated carbocycles. The molecule has 1 aliphatic carbocycles. The SMILES string of the molecule is N=C(N)c1ncccc1OCC1CC1. The zero-order valence-electron chi connectivity index (χ0n) is 7.86. The lowest BCUT2D eigenvalue weighted by Gasteiger charge is -2.08. The maximum Gasteiger partial charge on any atom is 0.148 e. The molecule has 4 heteroatoms. The van der Waals surface area contributed by atoms with Gasteiger partial charge in [-0.2, -0.15) is 0 Å². The topological polar surface area (TPSA) is 72.0 Å². The minimum absolute atomic E-state index is 0.0450. The zero-order chi connectivity index (χ0) is 9.97. The molecule has 74 valence electrons. The number of nitrogens with zero attached hydrogens (tertiary/aromatic N) is 1. The number of hydrogen-bond donors (Lipinski definition) is 2. The second-order valence-electron chi connectivity index (χ2n) is 3.52. The van der Waals surface area contributed by atoms with Gasteiger partial charge in [-0.25, -0.2) is 4.98 Å². The monoisotopic (exact) mass is 191 g/mol. The first-order chi connectivity index (χ1) is 6.77. The summed E-state index contributed by atoms with van der Waals surface area (Å²) < 4.78 is 5.54. The van der Waals surface area contributed by atoms with Crippen molar-refractivity contribution in [2.24, 2.45) is 11.7 Å². The van der Waals surface area contributed by atoms with Crippen molar-refractivity contribution in [1.82, 2.24) is 4.98 Å². The first-order valence-corrected chi connectivity index (χ1v) is 4.69. The van der Waals surface area contributed by atoms with E-state index >= 15 is 0 Å². The Kier molecular flexibility index (Phi) is 2.35. The van der Waals surface area contributed by atoms with Gasteiger partial charge in [0.1, 0.15) is 17.3 Å². The van der Waals surface area contributed by atoms with Gasteiger partial charge < -0.3 is 10.5 Å². The minimum atomic E-state index is -0.0450. The largest absolute Gasteiger partial charge is 0.491 e. The van der Waals surface area contributed by atoms with Gasteiger partial charge in [0, 0.05) is 6.20 Å². The molecule has 0 amide bonds. The van der Waals surface area contributed by atoms with Crippen molar-refractivity contribution in [2.45, 2.75) is 12.8 Å². The smallest absolute Gasteiger partial charge is 0.148 e. The van der Waals surface area contributed by atoms with Crippen molar-refractivity contribution in [3.63, 3.8) is 0 Å². The lowest BCUT2D eigenvalue weighted by atomic mass is 10.3. The molecular formula is C10H13N3O. The van der Waals surface area contributed by atoms with Crippen LogP contribution in [0.15, 0.2) is 18.3 Å². The molecule has 1 fully saturated rings. The van der Waals surface area contributed by atoms with E-state index in [9.17, 15) is 0 Å². The van der Waals surface area contributed by atoms with Gasteiger partial charge in [-0.05, 0) is 30.9 Å². The second-order valence-corrected chi connectivity index (χ2v) is 3.52. The Balaban J connectivity index is 2.09. The summed E-state index contributed by atoms with van der Waals surface area (Å²) in [6.45, 7) is 0.714. The molecule has 0 aromatic carbocycles. The maximum atomic E-state index is 7.31. The molecule has 4 nitrogen and oxygen atoms in total. The minimum Gasteiger partial charge on any atom is -0.491 e. The summed E-state index contributed by atoms with van der Waals surface area (Å²) in [5.41, 5.74) is 5.82. The normalized spacial score (nSPS) is 15.1. The molecule has 1 aliphatic rings. The Bertz CT molecular complexity index is 347. The lowest BCUT2D eigenvalue weighted by Crippen LogP contribution is -2.15. The van der Waals surface area contributed by atoms with Crippen molar-refractivity contribution in [2.75, 3.05) is 6.61 Å². The van der Waals surface area contributed by atoms with Gasteiger partial charge >= 0.3 is 0 Å². The van der Waals surface area contributed by atoms with Crippen molar-refractivity contribution in [3.05, 3.63) is 24.0 Å². The second kappa shape index (κ2) is 3.65. The van der Waals surface area contributed by atoms with Crippen LogP contribution in [-0.4, -0.2) is 17.4 Å². The van der Waals surface area contributed by atoms with Crippen molar-refractivity contribution >= 4 is 5.84 Å². The van der Waals surface area contributed by atoms with Gasteiger partial charge in [0.15, 0.2) is 0 Å². The van der Waals surface area contributed by atoms with E-state index in [0.717, 1.165) is 0 Å². The number of ether oxygens (including phenoxy) is 1. The van der Waals surface area contributed by atoms with Gasteiger partial charge in [0.05, 0.1) is 6.61 Å². The summed E-state index contributed by atoms with van der Waals surface area (Å²) >= 11 is 0. The average Bonchev–Trinajstić information content (AvgIpc) is 2.98. The van der Waals surface area contributed by atoms with E-state index in [1.807, 2.05) is 0 Å². The molecule has 0 aliphatic heterocycles. The van der Waals surface area contributed by atoms with Crippen LogP contribution in [0.3, 0.4) is 0 Å². The van der Waals surface area contributed by atoms with E-state index in [-0.39, 0.29) is 5.84 Å². The van der Waals surface area contributed by atoms with Crippen LogP contribution >= 0.6 is 0 Å². The number of nitrogens with two attached hydrogens (primary N) is 1. The van der Waals surface area contributed by atoms with E-state index in [1.165, 1.54) is 12.8 Å². The Labute approximate surface area is 82.6 Å². The van der Waals surface area contributed by atoms with Gasteiger partial charge in [0.25, 0.3) is 0 Å². The van der Waals surface area contributed by atoms with Crippen molar-refractivity contribution in [3.8, 4) is 5.75 Å². The fraction of sp³-hybridized carbons (Fsp3) is 0.400. The number of nitrogen functional groups attached to an aromatic ring is 1. The molecule has 0 spiro atoms. The predicted molar refractivity (Wildman–Crippen MR) is 53.5 cm³/mol. The highest BCUT2D eigenvalue weighted by Crippen LogP contribution is 2.29. The van der Waals surface area contributed by atoms with Crippen LogP contribution in [-0.2, 0) is 0 Å². The zero-order valence-corrected chi connectivity index (χ0v) is 7.86. The first kappa shape index (κ1) is 8.99. The molecule has 0 saturated heterocycles. The van der Waals surface area contributed by atoms with Crippen LogP contribution in [0.25, 0.3) is 0 Å². The molecule has 0 unspecified atom stereocenters. The van der Waals surface area contributed by atoms with Crippen LogP contribution in [0.4, 0.5) is 0 Å². The van der Waals surface area contributed by atoms with E-state index < -0.39 is 0 Å². The van der Waals surface area contributed by atoms with Gasteiger partial charge in [-0.15, -0.1) is 0 Å². The van der Waals surface area contributed by atoms with Gasteiger partial charge in [-0.3, -0.25) is 5.41 Å². The number of pyridine rings is 1. The molecule has 2 rings (SSSR count). The van der Waals surface area contributed by atoms with Gasteiger partial charge in [-0.1, -0.05) is 0 Å². The maximum absolute atomic E-state index is 7.31. The number of aromatic nitrogens is 1. The number of amidine groups is 1. The highest BCUT2D eigenvalue weighted by molar-refractivity contribution is 5.95. The molecule has 1 heterocycles. The quantitative estimate of drug-likeness (QED) is 0.554. The van der Waals surface area contributed by atoms with Crippen molar-refractivity contribution < 1.29 is 4.74 Å². The fourth-order valence-corrected chi connectivity index (χ4v) is 1.20. The van der Waals surface area contributed by atoms with Crippen LogP contribution in [0.5, 0.6) is 5.75 Å². The Hall–Kier alpha value is -1.58. The summed E-state index contributed by atoms with van der Waals surface area (Å²) in [5, 5.41) is 7.31. The number of rotatable bonds is 4. The van der Waals surface area contributed by atoms with E-state index in [0.29, 0.717) is 24.0 Å². The summed E-state index contributed by atoms with van der Waals surface area (Å²) in [6.07, 6.45) is 4.10. The molecule has 14 heavy (non-hydrogen) atoms. The Morgan fingerprint density at radius 3 is 3.07 bits per heavy atom. The van der Waals surface area contributed by atoms with Crippen LogP contribution < -0.4 is 10.5 Å². The third-order valence-corrected chi connectivity index (χ3v) is 2.20. The van der Waals surface area contributed by atoms with Crippen LogP contribution in [0, 0.1) is 11.3 Å². The highest BCUT2D eigenvalue weighted by atomic mass is 16.5. The van der Waals surface area contributed by atoms with E-state index in [2.05, 4.69) is 4.98 Å². The molecule has 0 radical (unpaired) electrons. The number of hydrogen-bond acceptors (Lipinski definition) is 3. The first-order valence-electron chi connectivity index (χ1n) is 4.69. The van der Waals surface area contributed by atoms with E-state index in [1.54, 1.807) is 18.3 Å². The third-order valence-electron chi connectivity index (χ3n) is 2.20. The summed E-state index contributed by atoms with van der Waals surface area (Å²) in [5.74, 6) is 1.26. The Morgan fingerprint density at radius 2 is 2.43 bits per heavy atom. The molecule has 0 bridgehead atoms. The molecule has 1 aromatic heterocycles. The molecule has 0 atom stereocenters. The summed E-state index contributed by atoms with van der Waals surface area (Å²) in [4.78, 5) is 4.00. The third kappa shape index (κ3) is 2.02. The molecule has 1 aromatic rings. The van der Waals surface area contributed by atoms with E-state index in [4.69, 9.17) is 15.9 Å². The molecular weight excluding hydrogens is 178 g/mol. The lowest BCUT2D eigenvalue weighted by molar-refractivity contribution is 0.298. The predicted octanol–water partition coefficient (Wildman–Crippen LogP) is 1.15. The summed E-state index contributed by atoms with van der Waals surface area (Å²) in [7, 11) is 0. The fourth-order valence-electron chi connectivity index (χ4n) is 1.20. The van der Waals surface area contributed by atoms with Crippen molar-refractivity contribution in [1.29, 1.82) is 5.41 Å². The van der Waals surface area contributed by atoms with Gasteiger partial charge in [0.2, 0.25) is 0 Å². The standard InChI is InChI=1S/C10H13N3O/c11-10(12)9-8(2-1-5-13-9)14-6-7-3-4-7/h1-2,5,7H,3-4,6H2,(H3,11,12). The Morgan fingerprint density at radius 1 is 1.64 bits per heavy atom. The molecule has 3 N–H and O–H groups in total.